The van der Waals surface area contributed by atoms with Crippen molar-refractivity contribution < 1.29 is 29.0 Å². The number of carbonyl (C=O) groups is 3. The third kappa shape index (κ3) is 6.74. The normalized spacial score (nSPS) is 28.1. The van der Waals surface area contributed by atoms with Gasteiger partial charge in [-0.2, -0.15) is 0 Å². The Morgan fingerprint density at radius 1 is 1.20 bits per heavy atom. The molecule has 232 valence electrons. The average Bonchev–Trinajstić information content (AvgIpc) is 3.51. The lowest BCUT2D eigenvalue weighted by atomic mass is 9.70. The van der Waals surface area contributed by atoms with Gasteiger partial charge in [0.25, 0.3) is 0 Å². The van der Waals surface area contributed by atoms with Gasteiger partial charge in [0.2, 0.25) is 11.8 Å². The van der Waals surface area contributed by atoms with E-state index in [0.717, 1.165) is 19.3 Å². The van der Waals surface area contributed by atoms with Crippen molar-refractivity contribution in [3.63, 3.8) is 0 Å². The van der Waals surface area contributed by atoms with Crippen molar-refractivity contribution in [2.45, 2.75) is 123 Å². The summed E-state index contributed by atoms with van der Waals surface area (Å²) in [5.74, 6) is -2.31. The van der Waals surface area contributed by atoms with E-state index in [2.05, 4.69) is 33.9 Å². The maximum absolute atomic E-state index is 14.8. The minimum atomic E-state index is -1.13. The predicted octanol–water partition coefficient (Wildman–Crippen LogP) is 4.90. The van der Waals surface area contributed by atoms with E-state index in [4.69, 9.17) is 9.47 Å². The van der Waals surface area contributed by atoms with Gasteiger partial charge in [-0.1, -0.05) is 46.8 Å². The van der Waals surface area contributed by atoms with Gasteiger partial charge >= 0.3 is 5.97 Å². The number of amides is 2. The molecule has 8 heteroatoms. The summed E-state index contributed by atoms with van der Waals surface area (Å²) < 4.78 is 12.3. The Morgan fingerprint density at radius 2 is 1.88 bits per heavy atom. The molecule has 0 aromatic carbocycles. The van der Waals surface area contributed by atoms with E-state index in [-0.39, 0.29) is 36.4 Å². The zero-order valence-corrected chi connectivity index (χ0v) is 26.5. The highest BCUT2D eigenvalue weighted by Gasteiger charge is 2.76. The van der Waals surface area contributed by atoms with E-state index in [1.54, 1.807) is 11.0 Å². The van der Waals surface area contributed by atoms with Crippen LogP contribution in [0.2, 0.25) is 0 Å². The van der Waals surface area contributed by atoms with Crippen LogP contribution in [0.5, 0.6) is 0 Å². The highest BCUT2D eigenvalue weighted by atomic mass is 16.6. The molecule has 1 N–H and O–H groups in total. The Morgan fingerprint density at radius 3 is 2.44 bits per heavy atom. The Labute approximate surface area is 247 Å². The summed E-state index contributed by atoms with van der Waals surface area (Å²) in [6.07, 6.45) is 7.88. The highest BCUT2D eigenvalue weighted by Crippen LogP contribution is 2.59. The van der Waals surface area contributed by atoms with Crippen LogP contribution in [0, 0.1) is 23.2 Å². The van der Waals surface area contributed by atoms with Crippen molar-refractivity contribution in [1.82, 2.24) is 9.80 Å². The number of ether oxygens (including phenoxy) is 2. The van der Waals surface area contributed by atoms with E-state index in [0.29, 0.717) is 32.2 Å². The predicted molar refractivity (Wildman–Crippen MR) is 160 cm³/mol. The molecule has 0 radical (unpaired) electrons. The van der Waals surface area contributed by atoms with E-state index >= 15 is 0 Å². The van der Waals surface area contributed by atoms with Crippen LogP contribution in [0.4, 0.5) is 0 Å². The van der Waals surface area contributed by atoms with Crippen molar-refractivity contribution in [3.8, 4) is 0 Å². The van der Waals surface area contributed by atoms with Gasteiger partial charge in [0, 0.05) is 12.1 Å². The number of esters is 1. The number of allylic oxidation sites excluding steroid dienone is 1. The summed E-state index contributed by atoms with van der Waals surface area (Å²) in [6.45, 7) is 22.6. The van der Waals surface area contributed by atoms with Crippen molar-refractivity contribution >= 4 is 17.8 Å². The number of aliphatic hydroxyl groups is 1. The monoisotopic (exact) mass is 574 g/mol. The second-order valence-corrected chi connectivity index (χ2v) is 14.5. The van der Waals surface area contributed by atoms with Crippen LogP contribution in [-0.4, -0.2) is 81.8 Å². The molecular formula is C33H54N2O6. The molecule has 0 aromatic heterocycles. The molecule has 0 saturated carbocycles. The Bertz CT molecular complexity index is 985. The molecule has 8 nitrogen and oxygen atoms in total. The maximum Gasteiger partial charge on any atom is 0.312 e. The molecule has 3 saturated heterocycles. The molecule has 6 atom stereocenters. The van der Waals surface area contributed by atoms with Crippen LogP contribution in [0.15, 0.2) is 25.3 Å². The van der Waals surface area contributed by atoms with Gasteiger partial charge < -0.3 is 24.4 Å². The van der Waals surface area contributed by atoms with Crippen LogP contribution < -0.4 is 0 Å². The summed E-state index contributed by atoms with van der Waals surface area (Å²) in [5, 5.41) is 10.5. The number of unbranched alkanes of at least 4 members (excludes halogenated alkanes) is 2. The smallest absolute Gasteiger partial charge is 0.312 e. The topological polar surface area (TPSA) is 96.4 Å². The maximum atomic E-state index is 14.8. The molecule has 41 heavy (non-hydrogen) atoms. The van der Waals surface area contributed by atoms with Gasteiger partial charge in [0.05, 0.1) is 37.2 Å². The van der Waals surface area contributed by atoms with Crippen molar-refractivity contribution in [2.24, 2.45) is 23.2 Å². The van der Waals surface area contributed by atoms with Gasteiger partial charge in [-0.05, 0) is 70.1 Å². The standard InChI is InChI=1S/C33H54N2O6/c1-10-12-13-14-18-40-30(39)25-24-15-16-33(41-24)26(25)28(37)35(23(20-36)19-22(3)4)27(33)29(38)34(17-11-2)32(8,9)21-31(5,6)7/h10-11,22-27,36H,1-2,12-21H2,3-9H3/t23-,24+,25-,26+,27?,33?/m1/s1. The molecule has 3 fully saturated rings. The zero-order chi connectivity index (χ0) is 30.8. The first-order valence-electron chi connectivity index (χ1n) is 15.5. The van der Waals surface area contributed by atoms with Crippen molar-refractivity contribution in [3.05, 3.63) is 25.3 Å². The summed E-state index contributed by atoms with van der Waals surface area (Å²) in [6, 6.07) is -1.50. The Hall–Kier alpha value is -2.19. The number of hydrogen-bond acceptors (Lipinski definition) is 6. The molecule has 2 amide bonds. The van der Waals surface area contributed by atoms with Gasteiger partial charge in [0.1, 0.15) is 11.6 Å². The number of likely N-dealkylation sites (tertiary alicyclic amines) is 1. The Balaban J connectivity index is 2.04. The molecular weight excluding hydrogens is 520 g/mol. The summed E-state index contributed by atoms with van der Waals surface area (Å²) in [5.41, 5.74) is -1.73. The third-order valence-corrected chi connectivity index (χ3v) is 8.91. The largest absolute Gasteiger partial charge is 0.465 e. The third-order valence-electron chi connectivity index (χ3n) is 8.91. The molecule has 3 heterocycles. The van der Waals surface area contributed by atoms with Gasteiger partial charge in [-0.15, -0.1) is 13.2 Å². The molecule has 0 aromatic rings. The first kappa shape index (κ1) is 33.3. The molecule has 2 bridgehead atoms. The van der Waals surface area contributed by atoms with Crippen molar-refractivity contribution in [1.29, 1.82) is 0 Å². The molecule has 3 aliphatic rings. The Kier molecular flexibility index (Phi) is 10.6. The number of nitrogens with zero attached hydrogens (tertiary/aromatic N) is 2. The lowest BCUT2D eigenvalue weighted by molar-refractivity contribution is -0.158. The molecule has 3 aliphatic heterocycles. The van der Waals surface area contributed by atoms with Crippen LogP contribution >= 0.6 is 0 Å². The molecule has 3 rings (SSSR count). The fraction of sp³-hybridized carbons (Fsp3) is 0.788. The lowest BCUT2D eigenvalue weighted by Gasteiger charge is -2.46. The van der Waals surface area contributed by atoms with Gasteiger partial charge in [-0.3, -0.25) is 14.4 Å². The van der Waals surface area contributed by atoms with Gasteiger partial charge in [0.15, 0.2) is 0 Å². The van der Waals surface area contributed by atoms with Crippen LogP contribution in [0.3, 0.4) is 0 Å². The minimum Gasteiger partial charge on any atom is -0.465 e. The van der Waals surface area contributed by atoms with Crippen LogP contribution in [0.25, 0.3) is 0 Å². The van der Waals surface area contributed by atoms with E-state index in [1.165, 1.54) is 0 Å². The highest BCUT2D eigenvalue weighted by molar-refractivity contribution is 5.98. The SMILES string of the molecule is C=CCCCCOC(=O)[C@@H]1[C@@H]2CCC3(O2)C(C(=O)N(CC=C)C(C)(C)CC(C)(C)C)N([C@@H](CO)CC(C)C)C(=O)[C@H]13. The molecule has 0 aliphatic carbocycles. The minimum absolute atomic E-state index is 0.0523. The summed E-state index contributed by atoms with van der Waals surface area (Å²) in [7, 11) is 0. The molecule has 1 spiro atoms. The quantitative estimate of drug-likeness (QED) is 0.170. The van der Waals surface area contributed by atoms with E-state index in [1.807, 2.05) is 38.7 Å². The van der Waals surface area contributed by atoms with E-state index < -0.39 is 47.1 Å². The van der Waals surface area contributed by atoms with Crippen LogP contribution in [0.1, 0.15) is 93.4 Å². The summed E-state index contributed by atoms with van der Waals surface area (Å²) in [4.78, 5) is 46.0. The van der Waals surface area contributed by atoms with Crippen molar-refractivity contribution in [2.75, 3.05) is 19.8 Å². The number of carbonyl (C=O) groups excluding carboxylic acids is 3. The number of hydrogen-bond donors (Lipinski definition) is 1. The second kappa shape index (κ2) is 13.0. The number of fused-ring (bicyclic) bond motifs is 1. The van der Waals surface area contributed by atoms with Crippen LogP contribution in [-0.2, 0) is 23.9 Å². The summed E-state index contributed by atoms with van der Waals surface area (Å²) >= 11 is 0. The number of aliphatic hydroxyl groups excluding tert-OH is 1. The zero-order valence-electron chi connectivity index (χ0n) is 26.5. The first-order chi connectivity index (χ1) is 19.1. The first-order valence-corrected chi connectivity index (χ1v) is 15.5. The fourth-order valence-corrected chi connectivity index (χ4v) is 7.82. The average molecular weight is 575 g/mol. The molecule has 2 unspecified atom stereocenters. The van der Waals surface area contributed by atoms with Gasteiger partial charge in [-0.25, -0.2) is 0 Å². The van der Waals surface area contributed by atoms with E-state index in [9.17, 15) is 19.5 Å². The lowest BCUT2D eigenvalue weighted by Crippen LogP contribution is -2.62. The fourth-order valence-electron chi connectivity index (χ4n) is 7.82. The second-order valence-electron chi connectivity index (χ2n) is 14.5. The number of rotatable bonds is 15.